The molecule has 2 aromatic carbocycles. The summed E-state index contributed by atoms with van der Waals surface area (Å²) in [6, 6.07) is 7.67. The minimum Gasteiger partial charge on any atom is -0.398 e. The second-order valence-electron chi connectivity index (χ2n) is 6.04. The van der Waals surface area contributed by atoms with Gasteiger partial charge in [-0.1, -0.05) is 0 Å². The number of nitrogens with two attached hydrogens (primary N) is 1. The van der Waals surface area contributed by atoms with Crippen LogP contribution >= 0.6 is 0 Å². The molecule has 2 heterocycles. The van der Waals surface area contributed by atoms with Crippen LogP contribution in [0.5, 0.6) is 0 Å². The van der Waals surface area contributed by atoms with Gasteiger partial charge in [-0.2, -0.15) is 5.10 Å². The van der Waals surface area contributed by atoms with Gasteiger partial charge in [0.25, 0.3) is 0 Å². The fraction of sp³-hybridized carbons (Fsp3) is 0.167. The Morgan fingerprint density at radius 2 is 2.12 bits per heavy atom. The van der Waals surface area contributed by atoms with Gasteiger partial charge in [0, 0.05) is 40.6 Å². The summed E-state index contributed by atoms with van der Waals surface area (Å²) in [6.07, 6.45) is 3.48. The molecule has 4 aromatic rings. The molecule has 2 aromatic heterocycles. The molecule has 8 nitrogen and oxygen atoms in total. The lowest BCUT2D eigenvalue weighted by molar-refractivity contribution is 0.311. The second-order valence-corrected chi connectivity index (χ2v) is 6.04. The van der Waals surface area contributed by atoms with E-state index in [1.165, 1.54) is 0 Å². The predicted octanol–water partition coefficient (Wildman–Crippen LogP) is 2.54. The van der Waals surface area contributed by atoms with Crippen LogP contribution in [0.1, 0.15) is 5.56 Å². The monoisotopic (exact) mass is 349 g/mol. The standard InChI is InChI=1S/C18H19N7O/c1-10-15(20-4-5-26)3-2-11-8-21-18(24-17(10)11)23-12-6-14(19)13-9-22-25-16(13)7-12/h2-3,6-9,20,26H,4-5,19H2,1H3,(H,22,25)(H,21,23,24). The molecule has 0 saturated carbocycles. The second kappa shape index (κ2) is 6.49. The van der Waals surface area contributed by atoms with E-state index in [1.54, 1.807) is 12.4 Å². The Morgan fingerprint density at radius 3 is 2.96 bits per heavy atom. The Hall–Kier alpha value is -3.39. The zero-order valence-electron chi connectivity index (χ0n) is 14.2. The Bertz CT molecular complexity index is 1090. The number of nitrogens with zero attached hydrogens (tertiary/aromatic N) is 3. The maximum absolute atomic E-state index is 9.01. The SMILES string of the molecule is Cc1c(NCCO)ccc2cnc(Nc3cc(N)c4cn[nH]c4c3)nc12. The summed E-state index contributed by atoms with van der Waals surface area (Å²) in [5, 5.41) is 24.1. The number of aromatic amines is 1. The van der Waals surface area contributed by atoms with E-state index in [4.69, 9.17) is 10.8 Å². The molecule has 0 amide bonds. The van der Waals surface area contributed by atoms with Crippen molar-refractivity contribution in [1.82, 2.24) is 20.2 Å². The molecule has 0 spiro atoms. The number of benzene rings is 2. The fourth-order valence-electron chi connectivity index (χ4n) is 2.96. The van der Waals surface area contributed by atoms with E-state index in [0.717, 1.165) is 38.7 Å². The summed E-state index contributed by atoms with van der Waals surface area (Å²) in [7, 11) is 0. The number of nitrogens with one attached hydrogen (secondary N) is 3. The van der Waals surface area contributed by atoms with Crippen molar-refractivity contribution in [2.75, 3.05) is 29.5 Å². The van der Waals surface area contributed by atoms with E-state index in [0.29, 0.717) is 18.2 Å². The van der Waals surface area contributed by atoms with E-state index < -0.39 is 0 Å². The van der Waals surface area contributed by atoms with Crippen molar-refractivity contribution in [3.63, 3.8) is 0 Å². The average Bonchev–Trinajstić information content (AvgIpc) is 3.11. The number of hydrogen-bond acceptors (Lipinski definition) is 7. The van der Waals surface area contributed by atoms with Crippen LogP contribution in [0.25, 0.3) is 21.8 Å². The molecule has 0 aliphatic carbocycles. The van der Waals surface area contributed by atoms with Crippen molar-refractivity contribution in [1.29, 1.82) is 0 Å². The summed E-state index contributed by atoms with van der Waals surface area (Å²) in [5.74, 6) is 0.484. The quantitative estimate of drug-likeness (QED) is 0.351. The van der Waals surface area contributed by atoms with Gasteiger partial charge in [-0.25, -0.2) is 9.97 Å². The molecule has 0 bridgehead atoms. The lowest BCUT2D eigenvalue weighted by Gasteiger charge is -2.12. The van der Waals surface area contributed by atoms with Gasteiger partial charge in [0.15, 0.2) is 0 Å². The molecule has 0 unspecified atom stereocenters. The van der Waals surface area contributed by atoms with Gasteiger partial charge in [-0.15, -0.1) is 0 Å². The maximum atomic E-state index is 9.01. The highest BCUT2D eigenvalue weighted by atomic mass is 16.3. The number of aromatic nitrogens is 4. The third-order valence-corrected chi connectivity index (χ3v) is 4.28. The number of nitrogen functional groups attached to an aromatic ring is 1. The Morgan fingerprint density at radius 1 is 1.23 bits per heavy atom. The number of rotatable bonds is 5. The molecule has 4 rings (SSSR count). The summed E-state index contributed by atoms with van der Waals surface area (Å²) in [5.41, 5.74) is 11.1. The minimum atomic E-state index is 0.0750. The molecule has 0 aliphatic heterocycles. The van der Waals surface area contributed by atoms with Crippen LogP contribution in [0.3, 0.4) is 0 Å². The highest BCUT2D eigenvalue weighted by Crippen LogP contribution is 2.27. The van der Waals surface area contributed by atoms with Crippen molar-refractivity contribution in [2.24, 2.45) is 0 Å². The molecule has 0 fully saturated rings. The third-order valence-electron chi connectivity index (χ3n) is 4.28. The van der Waals surface area contributed by atoms with E-state index in [1.807, 2.05) is 31.2 Å². The van der Waals surface area contributed by atoms with Crippen LogP contribution in [0.2, 0.25) is 0 Å². The molecule has 26 heavy (non-hydrogen) atoms. The molecule has 0 aliphatic rings. The van der Waals surface area contributed by atoms with Crippen molar-refractivity contribution in [3.05, 3.63) is 42.2 Å². The first kappa shape index (κ1) is 16.1. The minimum absolute atomic E-state index is 0.0750. The molecular weight excluding hydrogens is 330 g/mol. The van der Waals surface area contributed by atoms with Gasteiger partial charge in [0.1, 0.15) is 0 Å². The van der Waals surface area contributed by atoms with E-state index >= 15 is 0 Å². The average molecular weight is 349 g/mol. The lowest BCUT2D eigenvalue weighted by atomic mass is 10.1. The third kappa shape index (κ3) is 2.86. The van der Waals surface area contributed by atoms with Crippen LogP contribution in [0.4, 0.5) is 23.0 Å². The van der Waals surface area contributed by atoms with Crippen molar-refractivity contribution in [2.45, 2.75) is 6.92 Å². The van der Waals surface area contributed by atoms with Gasteiger partial charge < -0.3 is 21.5 Å². The molecule has 132 valence electrons. The van der Waals surface area contributed by atoms with Crippen LogP contribution < -0.4 is 16.4 Å². The molecular formula is C18H19N7O. The number of anilines is 4. The Kier molecular flexibility index (Phi) is 4.02. The van der Waals surface area contributed by atoms with Crippen LogP contribution in [-0.2, 0) is 0 Å². The number of fused-ring (bicyclic) bond motifs is 2. The van der Waals surface area contributed by atoms with E-state index in [9.17, 15) is 0 Å². The molecule has 6 N–H and O–H groups in total. The summed E-state index contributed by atoms with van der Waals surface area (Å²) >= 11 is 0. The number of H-pyrrole nitrogens is 1. The Balaban J connectivity index is 1.70. The highest BCUT2D eigenvalue weighted by molar-refractivity contribution is 5.93. The number of aliphatic hydroxyl groups excluding tert-OH is 1. The van der Waals surface area contributed by atoms with Crippen LogP contribution in [0, 0.1) is 6.92 Å². The molecule has 8 heteroatoms. The number of aryl methyl sites for hydroxylation is 1. The first-order valence-electron chi connectivity index (χ1n) is 8.26. The van der Waals surface area contributed by atoms with E-state index in [2.05, 4.69) is 30.8 Å². The normalized spacial score (nSPS) is 11.2. The van der Waals surface area contributed by atoms with Gasteiger partial charge in [-0.3, -0.25) is 5.10 Å². The summed E-state index contributed by atoms with van der Waals surface area (Å²) < 4.78 is 0. The van der Waals surface area contributed by atoms with E-state index in [-0.39, 0.29) is 6.61 Å². The van der Waals surface area contributed by atoms with Crippen molar-refractivity contribution < 1.29 is 5.11 Å². The zero-order valence-corrected chi connectivity index (χ0v) is 14.2. The van der Waals surface area contributed by atoms with Crippen LogP contribution in [0.15, 0.2) is 36.7 Å². The largest absolute Gasteiger partial charge is 0.398 e. The predicted molar refractivity (Wildman–Crippen MR) is 104 cm³/mol. The first-order chi connectivity index (χ1) is 12.7. The van der Waals surface area contributed by atoms with Gasteiger partial charge in [0.2, 0.25) is 5.95 Å². The smallest absolute Gasteiger partial charge is 0.227 e. The molecule has 0 radical (unpaired) electrons. The summed E-state index contributed by atoms with van der Waals surface area (Å²) in [6.45, 7) is 2.56. The van der Waals surface area contributed by atoms with Gasteiger partial charge in [-0.05, 0) is 36.8 Å². The Labute approximate surface area is 149 Å². The fourth-order valence-corrected chi connectivity index (χ4v) is 2.96. The number of aliphatic hydroxyl groups is 1. The van der Waals surface area contributed by atoms with Crippen molar-refractivity contribution in [3.8, 4) is 0 Å². The first-order valence-corrected chi connectivity index (χ1v) is 8.26. The van der Waals surface area contributed by atoms with Gasteiger partial charge >= 0.3 is 0 Å². The summed E-state index contributed by atoms with van der Waals surface area (Å²) in [4.78, 5) is 9.03. The number of hydrogen-bond donors (Lipinski definition) is 5. The highest BCUT2D eigenvalue weighted by Gasteiger charge is 2.09. The zero-order chi connectivity index (χ0) is 18.1. The molecule has 0 saturated heterocycles. The lowest BCUT2D eigenvalue weighted by Crippen LogP contribution is -2.07. The maximum Gasteiger partial charge on any atom is 0.227 e. The van der Waals surface area contributed by atoms with Gasteiger partial charge in [0.05, 0.1) is 23.8 Å². The molecule has 0 atom stereocenters. The topological polar surface area (TPSA) is 125 Å². The van der Waals surface area contributed by atoms with Crippen LogP contribution in [-0.4, -0.2) is 38.4 Å². The van der Waals surface area contributed by atoms with Crippen molar-refractivity contribution >= 4 is 44.8 Å².